The summed E-state index contributed by atoms with van der Waals surface area (Å²) in [7, 11) is 0. The Hall–Kier alpha value is -4.26. The maximum Gasteiger partial charge on any atom is 0.227 e. The first-order valence-corrected chi connectivity index (χ1v) is 13.5. The predicted molar refractivity (Wildman–Crippen MR) is 153 cm³/mol. The van der Waals surface area contributed by atoms with Gasteiger partial charge in [-0.2, -0.15) is 4.98 Å². The first-order valence-electron chi connectivity index (χ1n) is 13.5. The molecule has 4 aromatic rings. The van der Waals surface area contributed by atoms with E-state index in [0.29, 0.717) is 0 Å². The van der Waals surface area contributed by atoms with Gasteiger partial charge in [0.15, 0.2) is 0 Å². The molecule has 6 rings (SSSR count). The van der Waals surface area contributed by atoms with Crippen LogP contribution in [0.4, 0.5) is 17.5 Å². The van der Waals surface area contributed by atoms with Gasteiger partial charge in [-0.15, -0.1) is 0 Å². The van der Waals surface area contributed by atoms with Crippen molar-refractivity contribution in [2.75, 3.05) is 36.0 Å². The lowest BCUT2D eigenvalue weighted by atomic mass is 10.0. The van der Waals surface area contributed by atoms with Crippen LogP contribution in [-0.4, -0.2) is 46.1 Å². The third-order valence-electron chi connectivity index (χ3n) is 7.41. The summed E-state index contributed by atoms with van der Waals surface area (Å²) < 4.78 is 0. The van der Waals surface area contributed by atoms with Gasteiger partial charge in [0, 0.05) is 73.5 Å². The number of fused-ring (bicyclic) bond motifs is 1. The number of benzene rings is 1. The number of rotatable bonds is 8. The molecule has 0 saturated carbocycles. The van der Waals surface area contributed by atoms with E-state index in [2.05, 4.69) is 80.2 Å². The Bertz CT molecular complexity index is 1400. The van der Waals surface area contributed by atoms with E-state index in [4.69, 9.17) is 9.97 Å². The predicted octanol–water partition coefficient (Wildman–Crippen LogP) is 5.42. The summed E-state index contributed by atoms with van der Waals surface area (Å²) in [5.41, 5.74) is 7.71. The van der Waals surface area contributed by atoms with Crippen molar-refractivity contribution in [1.82, 2.24) is 25.3 Å². The fourth-order valence-corrected chi connectivity index (χ4v) is 5.36. The Morgan fingerprint density at radius 3 is 2.42 bits per heavy atom. The number of hydrogen-bond donors (Lipinski definition) is 1. The Labute approximate surface area is 224 Å². The molecule has 5 heterocycles. The van der Waals surface area contributed by atoms with E-state index in [1.54, 1.807) is 0 Å². The summed E-state index contributed by atoms with van der Waals surface area (Å²) in [5, 5.41) is 3.50. The second kappa shape index (κ2) is 11.0. The zero-order chi connectivity index (χ0) is 25.7. The van der Waals surface area contributed by atoms with Gasteiger partial charge in [-0.05, 0) is 73.6 Å². The molecule has 0 radical (unpaired) electrons. The summed E-state index contributed by atoms with van der Waals surface area (Å²) in [6.07, 6.45) is 12.8. The maximum absolute atomic E-state index is 5.19. The van der Waals surface area contributed by atoms with Crippen molar-refractivity contribution in [1.29, 1.82) is 0 Å². The van der Waals surface area contributed by atoms with Crippen molar-refractivity contribution in [3.05, 3.63) is 96.6 Å². The minimum absolute atomic E-state index is 0.815. The van der Waals surface area contributed by atoms with Crippen molar-refractivity contribution >= 4 is 23.2 Å². The molecule has 0 unspecified atom stereocenters. The molecule has 2 aliphatic heterocycles. The quantitative estimate of drug-likeness (QED) is 0.344. The molecule has 7 heteroatoms. The number of aromatic nitrogens is 4. The van der Waals surface area contributed by atoms with Gasteiger partial charge in [-0.3, -0.25) is 9.97 Å². The molecule has 192 valence electrons. The third-order valence-corrected chi connectivity index (χ3v) is 7.41. The Morgan fingerprint density at radius 2 is 1.63 bits per heavy atom. The zero-order valence-corrected chi connectivity index (χ0v) is 21.7. The topological polar surface area (TPSA) is 70.1 Å². The number of nitrogens with one attached hydrogen (secondary N) is 1. The summed E-state index contributed by atoms with van der Waals surface area (Å²) in [6, 6.07) is 16.8. The third kappa shape index (κ3) is 5.09. The SMILES string of the molecule is C=C(NCCc1ccncc1)c1cccc(-c2nc(N3CCCCC3)nc3c2CCN3c2ccncc2)c1. The van der Waals surface area contributed by atoms with E-state index >= 15 is 0 Å². The molecule has 1 N–H and O–H groups in total. The normalized spacial score (nSPS) is 14.8. The van der Waals surface area contributed by atoms with Crippen LogP contribution >= 0.6 is 0 Å². The molecular weight excluding hydrogens is 470 g/mol. The second-order valence-electron chi connectivity index (χ2n) is 9.92. The van der Waals surface area contributed by atoms with E-state index in [1.807, 2.05) is 24.8 Å². The van der Waals surface area contributed by atoms with Crippen LogP contribution in [0.3, 0.4) is 0 Å². The smallest absolute Gasteiger partial charge is 0.227 e. The minimum atomic E-state index is 0.815. The van der Waals surface area contributed by atoms with E-state index in [9.17, 15) is 0 Å². The number of anilines is 3. The van der Waals surface area contributed by atoms with Crippen LogP contribution < -0.4 is 15.1 Å². The van der Waals surface area contributed by atoms with Gasteiger partial charge in [-0.25, -0.2) is 4.98 Å². The molecule has 7 nitrogen and oxygen atoms in total. The summed E-state index contributed by atoms with van der Waals surface area (Å²) in [4.78, 5) is 23.3. The van der Waals surface area contributed by atoms with Gasteiger partial charge in [0.2, 0.25) is 5.95 Å². The fraction of sp³-hybridized carbons (Fsp3) is 0.290. The molecular formula is C31H33N7. The van der Waals surface area contributed by atoms with Crippen LogP contribution in [0.1, 0.15) is 36.0 Å². The van der Waals surface area contributed by atoms with Crippen molar-refractivity contribution in [3.63, 3.8) is 0 Å². The van der Waals surface area contributed by atoms with Crippen LogP contribution in [0, 0.1) is 0 Å². The first kappa shape index (κ1) is 24.1. The van der Waals surface area contributed by atoms with Gasteiger partial charge in [0.25, 0.3) is 0 Å². The zero-order valence-electron chi connectivity index (χ0n) is 21.7. The summed E-state index contributed by atoms with van der Waals surface area (Å²) in [5.74, 6) is 1.85. The lowest BCUT2D eigenvalue weighted by Gasteiger charge is -2.28. The molecule has 1 fully saturated rings. The molecule has 3 aromatic heterocycles. The van der Waals surface area contributed by atoms with Crippen LogP contribution in [0.5, 0.6) is 0 Å². The fourth-order valence-electron chi connectivity index (χ4n) is 5.36. The molecule has 0 amide bonds. The molecule has 0 bridgehead atoms. The number of piperidine rings is 1. The van der Waals surface area contributed by atoms with Crippen LogP contribution in [0.15, 0.2) is 79.9 Å². The Balaban J connectivity index is 1.31. The molecule has 1 aromatic carbocycles. The van der Waals surface area contributed by atoms with Gasteiger partial charge in [0.1, 0.15) is 5.82 Å². The Morgan fingerprint density at radius 1 is 0.868 bits per heavy atom. The molecule has 1 saturated heterocycles. The average Bonchev–Trinajstić information content (AvgIpc) is 3.42. The monoisotopic (exact) mass is 503 g/mol. The van der Waals surface area contributed by atoms with Crippen molar-refractivity contribution in [3.8, 4) is 11.3 Å². The summed E-state index contributed by atoms with van der Waals surface area (Å²) >= 11 is 0. The highest BCUT2D eigenvalue weighted by Crippen LogP contribution is 2.39. The largest absolute Gasteiger partial charge is 0.385 e. The van der Waals surface area contributed by atoms with E-state index in [0.717, 1.165) is 79.0 Å². The number of nitrogens with zero attached hydrogens (tertiary/aromatic N) is 6. The molecule has 0 atom stereocenters. The molecule has 2 aliphatic rings. The minimum Gasteiger partial charge on any atom is -0.385 e. The highest BCUT2D eigenvalue weighted by molar-refractivity contribution is 5.78. The van der Waals surface area contributed by atoms with Crippen LogP contribution in [0.2, 0.25) is 0 Å². The second-order valence-corrected chi connectivity index (χ2v) is 9.92. The highest BCUT2D eigenvalue weighted by atomic mass is 15.3. The maximum atomic E-state index is 5.19. The van der Waals surface area contributed by atoms with Crippen LogP contribution in [-0.2, 0) is 12.8 Å². The molecule has 38 heavy (non-hydrogen) atoms. The standard InChI is InChI=1S/C31H33N7/c1-23(34-18-10-24-8-14-32-15-9-24)25-6-5-7-26(22-25)29-28-13-21-38(27-11-16-33-17-12-27)30(28)36-31(35-29)37-19-3-2-4-20-37/h5-9,11-12,14-17,22,34H,1-4,10,13,18-21H2. The van der Waals surface area contributed by atoms with Gasteiger partial charge in [0.05, 0.1) is 5.69 Å². The van der Waals surface area contributed by atoms with Gasteiger partial charge in [-0.1, -0.05) is 24.8 Å². The van der Waals surface area contributed by atoms with Crippen molar-refractivity contribution < 1.29 is 0 Å². The van der Waals surface area contributed by atoms with Gasteiger partial charge < -0.3 is 15.1 Å². The number of pyridine rings is 2. The van der Waals surface area contributed by atoms with E-state index in [-0.39, 0.29) is 0 Å². The average molecular weight is 504 g/mol. The lowest BCUT2D eigenvalue weighted by Crippen LogP contribution is -2.31. The molecule has 0 spiro atoms. The number of hydrogen-bond acceptors (Lipinski definition) is 7. The van der Waals surface area contributed by atoms with Crippen molar-refractivity contribution in [2.24, 2.45) is 0 Å². The molecule has 0 aliphatic carbocycles. The Kier molecular flexibility index (Phi) is 6.98. The highest BCUT2D eigenvalue weighted by Gasteiger charge is 2.29. The van der Waals surface area contributed by atoms with Crippen molar-refractivity contribution in [2.45, 2.75) is 32.1 Å². The van der Waals surface area contributed by atoms with E-state index in [1.165, 1.54) is 30.4 Å². The lowest BCUT2D eigenvalue weighted by molar-refractivity contribution is 0.568. The van der Waals surface area contributed by atoms with Gasteiger partial charge >= 0.3 is 0 Å². The van der Waals surface area contributed by atoms with E-state index < -0.39 is 0 Å². The summed E-state index contributed by atoms with van der Waals surface area (Å²) in [6.45, 7) is 8.04. The first-order chi connectivity index (χ1) is 18.8. The van der Waals surface area contributed by atoms with Crippen LogP contribution in [0.25, 0.3) is 17.0 Å².